The van der Waals surface area contributed by atoms with Gasteiger partial charge in [-0.2, -0.15) is 0 Å². The van der Waals surface area contributed by atoms with E-state index in [1.54, 1.807) is 7.11 Å². The number of anilines is 1. The zero-order valence-corrected chi connectivity index (χ0v) is 26.6. The molecule has 0 aliphatic carbocycles. The van der Waals surface area contributed by atoms with Crippen LogP contribution in [-0.4, -0.2) is 94.6 Å². The molecule has 232 valence electrons. The Bertz CT molecular complexity index is 1600. The molecule has 0 bridgehead atoms. The summed E-state index contributed by atoms with van der Waals surface area (Å²) in [6, 6.07) is 16.9. The van der Waals surface area contributed by atoms with Gasteiger partial charge in [-0.3, -0.25) is 9.69 Å². The molecule has 9 nitrogen and oxygen atoms in total. The third-order valence-corrected chi connectivity index (χ3v) is 9.40. The van der Waals surface area contributed by atoms with Crippen LogP contribution in [0.1, 0.15) is 52.6 Å². The third kappa shape index (κ3) is 6.44. The van der Waals surface area contributed by atoms with Gasteiger partial charge in [-0.05, 0) is 55.6 Å². The number of piperidine rings is 1. The van der Waals surface area contributed by atoms with Crippen LogP contribution in [0.3, 0.4) is 0 Å². The van der Waals surface area contributed by atoms with E-state index < -0.39 is 0 Å². The molecule has 4 heterocycles. The minimum atomic E-state index is 0.0764. The highest BCUT2D eigenvalue weighted by Gasteiger charge is 2.29. The molecular weight excluding hydrogens is 550 g/mol. The number of nitrogens with one attached hydrogen (secondary N) is 1. The molecule has 2 aromatic heterocycles. The number of nitrogens with zero attached hydrogens (tertiary/aromatic N) is 6. The first-order valence-electron chi connectivity index (χ1n) is 15.9. The van der Waals surface area contributed by atoms with Gasteiger partial charge in [0.15, 0.2) is 5.82 Å². The number of ether oxygens (including phenoxy) is 1. The van der Waals surface area contributed by atoms with Crippen molar-refractivity contribution < 1.29 is 9.53 Å². The van der Waals surface area contributed by atoms with Crippen molar-refractivity contribution in [2.75, 3.05) is 58.7 Å². The number of amides is 1. The van der Waals surface area contributed by atoms with Gasteiger partial charge in [0.1, 0.15) is 17.1 Å². The molecule has 1 amide bonds. The molecule has 9 heteroatoms. The number of carbonyl (C=O) groups is 1. The number of hydrogen-bond donors (Lipinski definition) is 1. The predicted octanol–water partition coefficient (Wildman–Crippen LogP) is 4.59. The van der Waals surface area contributed by atoms with Crippen LogP contribution in [-0.2, 0) is 26.4 Å². The topological polar surface area (TPSA) is 78.8 Å². The molecule has 0 atom stereocenters. The van der Waals surface area contributed by atoms with Crippen LogP contribution in [0.2, 0.25) is 0 Å². The largest absolute Gasteiger partial charge is 0.496 e. The lowest BCUT2D eigenvalue weighted by molar-refractivity contribution is 0.0518. The van der Waals surface area contributed by atoms with Gasteiger partial charge in [0.25, 0.3) is 5.91 Å². The fourth-order valence-electron chi connectivity index (χ4n) is 6.70. The highest BCUT2D eigenvalue weighted by atomic mass is 16.5. The van der Waals surface area contributed by atoms with Gasteiger partial charge in [0.05, 0.1) is 12.6 Å². The first-order chi connectivity index (χ1) is 21.4. The van der Waals surface area contributed by atoms with E-state index in [9.17, 15) is 4.79 Å². The van der Waals surface area contributed by atoms with Crippen LogP contribution in [0.15, 0.2) is 54.7 Å². The maximum atomic E-state index is 13.5. The number of aryl methyl sites for hydroxylation is 2. The average molecular weight is 596 g/mol. The number of piperazine rings is 1. The summed E-state index contributed by atoms with van der Waals surface area (Å²) >= 11 is 0. The Morgan fingerprint density at radius 3 is 2.41 bits per heavy atom. The number of aromatic nitrogens is 3. The zero-order valence-electron chi connectivity index (χ0n) is 26.6. The van der Waals surface area contributed by atoms with E-state index in [1.807, 2.05) is 42.4 Å². The molecule has 2 aliphatic rings. The van der Waals surface area contributed by atoms with Gasteiger partial charge in [-0.15, -0.1) is 0 Å². The molecule has 2 fully saturated rings. The van der Waals surface area contributed by atoms with Crippen LogP contribution in [0.4, 0.5) is 5.82 Å². The molecule has 4 aromatic rings. The van der Waals surface area contributed by atoms with E-state index in [1.165, 1.54) is 11.1 Å². The number of methoxy groups -OCH3 is 1. The summed E-state index contributed by atoms with van der Waals surface area (Å²) in [5.74, 6) is 2.28. The van der Waals surface area contributed by atoms with Crippen LogP contribution in [0.5, 0.6) is 5.75 Å². The quantitative estimate of drug-likeness (QED) is 0.303. The van der Waals surface area contributed by atoms with Gasteiger partial charge >= 0.3 is 0 Å². The van der Waals surface area contributed by atoms with Gasteiger partial charge in [-0.1, -0.05) is 37.3 Å². The van der Waals surface area contributed by atoms with Crippen molar-refractivity contribution in [3.63, 3.8) is 0 Å². The number of fused-ring (bicyclic) bond motifs is 1. The summed E-state index contributed by atoms with van der Waals surface area (Å²) in [6.45, 7) is 8.96. The van der Waals surface area contributed by atoms with E-state index in [2.05, 4.69) is 57.9 Å². The van der Waals surface area contributed by atoms with Gasteiger partial charge in [0, 0.05) is 82.6 Å². The first kappa shape index (κ1) is 30.1. The van der Waals surface area contributed by atoms with Crippen LogP contribution in [0.25, 0.3) is 11.0 Å². The summed E-state index contributed by atoms with van der Waals surface area (Å²) in [5, 5.41) is 3.59. The second-order valence-electron chi connectivity index (χ2n) is 12.2. The summed E-state index contributed by atoms with van der Waals surface area (Å²) < 4.78 is 7.85. The van der Waals surface area contributed by atoms with Crippen molar-refractivity contribution >= 4 is 22.8 Å². The number of benzene rings is 2. The molecule has 0 radical (unpaired) electrons. The van der Waals surface area contributed by atoms with Crippen molar-refractivity contribution in [2.45, 2.75) is 45.2 Å². The van der Waals surface area contributed by atoms with Crippen molar-refractivity contribution in [3.05, 3.63) is 82.8 Å². The molecule has 44 heavy (non-hydrogen) atoms. The molecule has 0 spiro atoms. The lowest BCUT2D eigenvalue weighted by atomic mass is 10.0. The lowest BCUT2D eigenvalue weighted by Gasteiger charge is -2.42. The monoisotopic (exact) mass is 595 g/mol. The molecule has 0 unspecified atom stereocenters. The second kappa shape index (κ2) is 13.4. The summed E-state index contributed by atoms with van der Waals surface area (Å²) in [4.78, 5) is 30.4. The zero-order chi connectivity index (χ0) is 30.6. The Hall–Kier alpha value is -3.95. The first-order valence-corrected chi connectivity index (χ1v) is 15.9. The Morgan fingerprint density at radius 2 is 1.68 bits per heavy atom. The Morgan fingerprint density at radius 1 is 0.932 bits per heavy atom. The van der Waals surface area contributed by atoms with E-state index in [4.69, 9.17) is 14.7 Å². The Balaban J connectivity index is 1.16. The Labute approximate surface area is 260 Å². The molecular formula is C35H45N7O2. The van der Waals surface area contributed by atoms with E-state index >= 15 is 0 Å². The number of likely N-dealkylation sites (N-methyl/N-ethyl adjacent to an activating group) is 1. The minimum Gasteiger partial charge on any atom is -0.496 e. The minimum absolute atomic E-state index is 0.0764. The van der Waals surface area contributed by atoms with Gasteiger partial charge in [0.2, 0.25) is 0 Å². The van der Waals surface area contributed by atoms with Crippen molar-refractivity contribution in [1.82, 2.24) is 29.2 Å². The maximum Gasteiger partial charge on any atom is 0.253 e. The molecule has 0 saturated carbocycles. The van der Waals surface area contributed by atoms with Crippen molar-refractivity contribution in [2.24, 2.45) is 7.05 Å². The Kier molecular flexibility index (Phi) is 9.14. The summed E-state index contributed by atoms with van der Waals surface area (Å²) in [5.41, 5.74) is 6.09. The normalized spacial score (nSPS) is 16.9. The SMILES string of the molecule is CCc1ccccc1CNc1nc(Cc2ccc(C(=O)N3CCC(N4CCN(C)CC4)CC3)cc2OC)nc2ccn(C)c12. The molecule has 1 N–H and O–H groups in total. The van der Waals surface area contributed by atoms with Crippen LogP contribution < -0.4 is 10.1 Å². The third-order valence-electron chi connectivity index (χ3n) is 9.40. The van der Waals surface area contributed by atoms with E-state index in [-0.39, 0.29) is 5.91 Å². The van der Waals surface area contributed by atoms with Crippen molar-refractivity contribution in [3.8, 4) is 5.75 Å². The van der Waals surface area contributed by atoms with Gasteiger partial charge < -0.3 is 24.4 Å². The summed E-state index contributed by atoms with van der Waals surface area (Å²) in [6.07, 6.45) is 5.57. The number of likely N-dealkylation sites (tertiary alicyclic amines) is 1. The fourth-order valence-corrected chi connectivity index (χ4v) is 6.70. The fraction of sp³-hybridized carbons (Fsp3) is 0.457. The highest BCUT2D eigenvalue weighted by Crippen LogP contribution is 2.28. The lowest BCUT2D eigenvalue weighted by Crippen LogP contribution is -2.52. The standard InChI is InChI=1S/C35H45N7O2/c1-5-25-8-6-7-9-28(25)24-36-34-33-30(14-15-40(33)3)37-32(38-34)23-26-10-11-27(22-31(26)44-4)35(43)42-16-12-29(13-17-42)41-20-18-39(2)19-21-41/h6-11,14-15,22,29H,5,12-13,16-21,23-24H2,1-4H3,(H,36,37,38). The van der Waals surface area contributed by atoms with E-state index in [0.717, 1.165) is 80.9 Å². The molecule has 2 aliphatic heterocycles. The van der Waals surface area contributed by atoms with Crippen LogP contribution in [0, 0.1) is 0 Å². The highest BCUT2D eigenvalue weighted by molar-refractivity contribution is 5.95. The van der Waals surface area contributed by atoms with Gasteiger partial charge in [-0.25, -0.2) is 9.97 Å². The number of carbonyl (C=O) groups excluding carboxylic acids is 1. The average Bonchev–Trinajstić information content (AvgIpc) is 3.44. The smallest absolute Gasteiger partial charge is 0.253 e. The van der Waals surface area contributed by atoms with E-state index in [0.29, 0.717) is 36.1 Å². The molecule has 2 aromatic carbocycles. The molecule has 6 rings (SSSR count). The van der Waals surface area contributed by atoms with Crippen LogP contribution >= 0.6 is 0 Å². The predicted molar refractivity (Wildman–Crippen MR) is 175 cm³/mol. The number of hydrogen-bond acceptors (Lipinski definition) is 7. The van der Waals surface area contributed by atoms with Crippen molar-refractivity contribution in [1.29, 1.82) is 0 Å². The second-order valence-corrected chi connectivity index (χ2v) is 12.2. The summed E-state index contributed by atoms with van der Waals surface area (Å²) in [7, 11) is 5.87. The molecule has 2 saturated heterocycles. The number of rotatable bonds is 9. The maximum absolute atomic E-state index is 13.5.